The Labute approximate surface area is 110 Å². The summed E-state index contributed by atoms with van der Waals surface area (Å²) in [7, 11) is -0.982. The molecule has 1 aromatic heterocycles. The standard InChI is InChI=1S/C14H22N2OSi/c1-14(2,3)13-15-11-8-6-7-10(12(11)16-13)9-17-18(4)5/h6-8,18H,9H2,1-5H3,(H,15,16). The molecule has 3 nitrogen and oxygen atoms in total. The van der Waals surface area contributed by atoms with E-state index in [2.05, 4.69) is 62.0 Å². The highest BCUT2D eigenvalue weighted by molar-refractivity contribution is 6.48. The van der Waals surface area contributed by atoms with Crippen LogP contribution in [0.3, 0.4) is 0 Å². The molecule has 0 aliphatic rings. The third-order valence-electron chi connectivity index (χ3n) is 2.89. The van der Waals surface area contributed by atoms with Gasteiger partial charge in [0.2, 0.25) is 0 Å². The van der Waals surface area contributed by atoms with Crippen LogP contribution in [0.25, 0.3) is 11.0 Å². The van der Waals surface area contributed by atoms with Gasteiger partial charge in [-0.25, -0.2) is 4.98 Å². The van der Waals surface area contributed by atoms with Crippen LogP contribution in [-0.2, 0) is 16.4 Å². The summed E-state index contributed by atoms with van der Waals surface area (Å²) in [4.78, 5) is 8.12. The lowest BCUT2D eigenvalue weighted by Gasteiger charge is -2.13. The lowest BCUT2D eigenvalue weighted by atomic mass is 9.96. The van der Waals surface area contributed by atoms with Gasteiger partial charge in [0.05, 0.1) is 17.6 Å². The van der Waals surface area contributed by atoms with Gasteiger partial charge in [0.25, 0.3) is 0 Å². The van der Waals surface area contributed by atoms with Crippen LogP contribution < -0.4 is 0 Å². The number of nitrogens with zero attached hydrogens (tertiary/aromatic N) is 1. The van der Waals surface area contributed by atoms with Crippen LogP contribution in [-0.4, -0.2) is 19.0 Å². The molecule has 1 heterocycles. The molecule has 0 saturated heterocycles. The van der Waals surface area contributed by atoms with Gasteiger partial charge in [-0.1, -0.05) is 32.9 Å². The summed E-state index contributed by atoms with van der Waals surface area (Å²) in [6.45, 7) is 11.6. The Morgan fingerprint density at radius 3 is 2.61 bits per heavy atom. The first-order valence-corrected chi connectivity index (χ1v) is 9.25. The lowest BCUT2D eigenvalue weighted by molar-refractivity contribution is 0.316. The van der Waals surface area contributed by atoms with Crippen LogP contribution >= 0.6 is 0 Å². The maximum atomic E-state index is 5.82. The van der Waals surface area contributed by atoms with Crippen molar-refractivity contribution in [2.45, 2.75) is 45.9 Å². The Morgan fingerprint density at radius 1 is 1.28 bits per heavy atom. The van der Waals surface area contributed by atoms with Crippen LogP contribution in [0.5, 0.6) is 0 Å². The fourth-order valence-electron chi connectivity index (χ4n) is 1.82. The molecule has 0 amide bonds. The summed E-state index contributed by atoms with van der Waals surface area (Å²) in [5.74, 6) is 1.03. The molecule has 0 saturated carbocycles. The number of aromatic amines is 1. The van der Waals surface area contributed by atoms with Crippen molar-refractivity contribution in [1.82, 2.24) is 9.97 Å². The maximum Gasteiger partial charge on any atom is 0.171 e. The summed E-state index contributed by atoms with van der Waals surface area (Å²) in [6.07, 6.45) is 0. The van der Waals surface area contributed by atoms with Crippen molar-refractivity contribution in [3.8, 4) is 0 Å². The number of benzene rings is 1. The van der Waals surface area contributed by atoms with E-state index in [1.165, 1.54) is 5.56 Å². The average molecular weight is 262 g/mol. The van der Waals surface area contributed by atoms with E-state index < -0.39 is 9.04 Å². The van der Waals surface area contributed by atoms with E-state index in [4.69, 9.17) is 4.43 Å². The van der Waals surface area contributed by atoms with Gasteiger partial charge in [0, 0.05) is 11.0 Å². The number of para-hydroxylation sites is 1. The molecule has 0 unspecified atom stereocenters. The molecule has 0 atom stereocenters. The summed E-state index contributed by atoms with van der Waals surface area (Å²) in [5, 5.41) is 0. The van der Waals surface area contributed by atoms with E-state index in [0.717, 1.165) is 16.9 Å². The third kappa shape index (κ3) is 2.82. The summed E-state index contributed by atoms with van der Waals surface area (Å²) >= 11 is 0. The van der Waals surface area contributed by atoms with E-state index >= 15 is 0 Å². The zero-order valence-electron chi connectivity index (χ0n) is 11.9. The molecule has 0 radical (unpaired) electrons. The fraction of sp³-hybridized carbons (Fsp3) is 0.500. The molecule has 0 fully saturated rings. The number of H-pyrrole nitrogens is 1. The molecule has 0 spiro atoms. The van der Waals surface area contributed by atoms with Crippen LogP contribution in [0.1, 0.15) is 32.2 Å². The topological polar surface area (TPSA) is 37.9 Å². The summed E-state index contributed by atoms with van der Waals surface area (Å²) in [5.41, 5.74) is 3.41. The highest BCUT2D eigenvalue weighted by atomic mass is 28.3. The van der Waals surface area contributed by atoms with Gasteiger partial charge in [-0.2, -0.15) is 0 Å². The van der Waals surface area contributed by atoms with Gasteiger partial charge in [0.1, 0.15) is 5.82 Å². The highest BCUT2D eigenvalue weighted by Gasteiger charge is 2.19. The highest BCUT2D eigenvalue weighted by Crippen LogP contribution is 2.24. The Balaban J connectivity index is 2.39. The quantitative estimate of drug-likeness (QED) is 0.861. The lowest BCUT2D eigenvalue weighted by Crippen LogP contribution is -2.13. The molecule has 1 aromatic carbocycles. The minimum absolute atomic E-state index is 0.0456. The summed E-state index contributed by atoms with van der Waals surface area (Å²) < 4.78 is 5.82. The SMILES string of the molecule is C[SiH](C)OCc1cccc2nc(C(C)(C)C)[nH]c12. The van der Waals surface area contributed by atoms with Gasteiger partial charge >= 0.3 is 0 Å². The van der Waals surface area contributed by atoms with E-state index in [1.54, 1.807) is 0 Å². The van der Waals surface area contributed by atoms with E-state index in [0.29, 0.717) is 6.61 Å². The van der Waals surface area contributed by atoms with Crippen molar-refractivity contribution in [3.63, 3.8) is 0 Å². The first kappa shape index (κ1) is 13.3. The van der Waals surface area contributed by atoms with Crippen molar-refractivity contribution >= 4 is 20.1 Å². The Hall–Kier alpha value is -1.13. The number of aromatic nitrogens is 2. The molecule has 0 bridgehead atoms. The predicted molar refractivity (Wildman–Crippen MR) is 78.5 cm³/mol. The van der Waals surface area contributed by atoms with Gasteiger partial charge in [-0.05, 0) is 19.2 Å². The number of hydrogen-bond donors (Lipinski definition) is 1. The first-order valence-electron chi connectivity index (χ1n) is 6.47. The molecule has 0 aliphatic carbocycles. The predicted octanol–water partition coefficient (Wildman–Crippen LogP) is 3.36. The van der Waals surface area contributed by atoms with Gasteiger partial charge < -0.3 is 9.41 Å². The number of nitrogens with one attached hydrogen (secondary N) is 1. The second-order valence-corrected chi connectivity index (χ2v) is 8.44. The van der Waals surface area contributed by atoms with E-state index in [9.17, 15) is 0 Å². The molecular formula is C14H22N2OSi. The number of fused-ring (bicyclic) bond motifs is 1. The zero-order valence-corrected chi connectivity index (χ0v) is 13.0. The van der Waals surface area contributed by atoms with E-state index in [-0.39, 0.29) is 5.41 Å². The molecule has 2 aromatic rings. The second kappa shape index (κ2) is 4.86. The smallest absolute Gasteiger partial charge is 0.171 e. The Bertz CT molecular complexity index is 540. The van der Waals surface area contributed by atoms with Gasteiger partial charge in [0.15, 0.2) is 9.04 Å². The third-order valence-corrected chi connectivity index (χ3v) is 3.72. The van der Waals surface area contributed by atoms with E-state index in [1.807, 2.05) is 0 Å². The van der Waals surface area contributed by atoms with Crippen LogP contribution in [0.2, 0.25) is 13.1 Å². The minimum atomic E-state index is -0.982. The Kier molecular flexibility index (Phi) is 3.59. The molecule has 1 N–H and O–H groups in total. The molecule has 0 aliphatic heterocycles. The van der Waals surface area contributed by atoms with Crippen molar-refractivity contribution < 1.29 is 4.43 Å². The van der Waals surface area contributed by atoms with Crippen LogP contribution in [0.4, 0.5) is 0 Å². The van der Waals surface area contributed by atoms with Crippen LogP contribution in [0.15, 0.2) is 18.2 Å². The van der Waals surface area contributed by atoms with Crippen molar-refractivity contribution in [1.29, 1.82) is 0 Å². The zero-order chi connectivity index (χ0) is 13.3. The van der Waals surface area contributed by atoms with Crippen molar-refractivity contribution in [2.75, 3.05) is 0 Å². The fourth-order valence-corrected chi connectivity index (χ4v) is 2.34. The maximum absolute atomic E-state index is 5.82. The summed E-state index contributed by atoms with van der Waals surface area (Å²) in [6, 6.07) is 6.22. The molecular weight excluding hydrogens is 240 g/mol. The van der Waals surface area contributed by atoms with Crippen molar-refractivity contribution in [2.24, 2.45) is 0 Å². The molecule has 4 heteroatoms. The average Bonchev–Trinajstić information content (AvgIpc) is 2.69. The molecule has 98 valence electrons. The molecule has 18 heavy (non-hydrogen) atoms. The number of rotatable bonds is 3. The van der Waals surface area contributed by atoms with Gasteiger partial charge in [-0.15, -0.1) is 0 Å². The van der Waals surface area contributed by atoms with Crippen molar-refractivity contribution in [3.05, 3.63) is 29.6 Å². The largest absolute Gasteiger partial charge is 0.416 e. The molecule has 2 rings (SSSR count). The minimum Gasteiger partial charge on any atom is -0.416 e. The second-order valence-electron chi connectivity index (χ2n) is 6.01. The normalized spacial score (nSPS) is 12.6. The Morgan fingerprint density at radius 2 is 2.00 bits per heavy atom. The number of hydrogen-bond acceptors (Lipinski definition) is 2. The monoisotopic (exact) mass is 262 g/mol. The van der Waals surface area contributed by atoms with Gasteiger partial charge in [-0.3, -0.25) is 0 Å². The number of imidazole rings is 1. The van der Waals surface area contributed by atoms with Crippen LogP contribution in [0, 0.1) is 0 Å². The first-order chi connectivity index (χ1) is 8.38.